The van der Waals surface area contributed by atoms with E-state index in [0.717, 1.165) is 4.57 Å². The fraction of sp³-hybridized carbons (Fsp3) is 0.500. The molecule has 1 amide bonds. The van der Waals surface area contributed by atoms with E-state index in [4.69, 9.17) is 4.74 Å². The first-order valence-electron chi connectivity index (χ1n) is 11.7. The van der Waals surface area contributed by atoms with Gasteiger partial charge in [0, 0.05) is 45.7 Å². The SMILES string of the molecule is CNCCOc1cccc(C(=O)N2C[C@H](O)C[C@](C)(O)[C@@H](n3cnc4c3c(=O)n(C)c(=O)n4C)C2)c1. The van der Waals surface area contributed by atoms with Crippen LogP contribution in [-0.4, -0.2) is 84.7 Å². The Morgan fingerprint density at radius 3 is 2.72 bits per heavy atom. The van der Waals surface area contributed by atoms with Crippen molar-refractivity contribution in [3.8, 4) is 5.75 Å². The van der Waals surface area contributed by atoms with Crippen LogP contribution in [0.15, 0.2) is 40.2 Å². The molecule has 0 aliphatic carbocycles. The van der Waals surface area contributed by atoms with Crippen molar-refractivity contribution < 1.29 is 19.7 Å². The van der Waals surface area contributed by atoms with Crippen molar-refractivity contribution in [2.75, 3.05) is 33.3 Å². The monoisotopic (exact) mass is 500 g/mol. The van der Waals surface area contributed by atoms with E-state index in [1.807, 2.05) is 7.05 Å². The molecule has 0 radical (unpaired) electrons. The number of imidazole rings is 1. The molecule has 4 rings (SSSR count). The maximum Gasteiger partial charge on any atom is 0.332 e. The Balaban J connectivity index is 1.73. The van der Waals surface area contributed by atoms with Crippen molar-refractivity contribution in [2.45, 2.75) is 31.1 Å². The van der Waals surface area contributed by atoms with Crippen molar-refractivity contribution in [2.24, 2.45) is 14.1 Å². The van der Waals surface area contributed by atoms with Crippen molar-refractivity contribution >= 4 is 17.1 Å². The highest BCUT2D eigenvalue weighted by Crippen LogP contribution is 2.33. The van der Waals surface area contributed by atoms with Gasteiger partial charge in [0.05, 0.1) is 24.1 Å². The van der Waals surface area contributed by atoms with Gasteiger partial charge >= 0.3 is 5.69 Å². The van der Waals surface area contributed by atoms with Crippen LogP contribution in [0.4, 0.5) is 0 Å². The lowest BCUT2D eigenvalue weighted by atomic mass is 9.91. The fourth-order valence-corrected chi connectivity index (χ4v) is 4.74. The summed E-state index contributed by atoms with van der Waals surface area (Å²) in [5, 5.41) is 25.0. The van der Waals surface area contributed by atoms with Gasteiger partial charge in [-0.2, -0.15) is 0 Å². The summed E-state index contributed by atoms with van der Waals surface area (Å²) in [6.07, 6.45) is 0.368. The topological polar surface area (TPSA) is 144 Å². The number of rotatable bonds is 6. The highest BCUT2D eigenvalue weighted by Gasteiger charge is 2.42. The number of amides is 1. The van der Waals surface area contributed by atoms with Crippen molar-refractivity contribution in [1.29, 1.82) is 0 Å². The third kappa shape index (κ3) is 4.66. The Morgan fingerprint density at radius 1 is 1.25 bits per heavy atom. The maximum atomic E-state index is 13.5. The van der Waals surface area contributed by atoms with E-state index < -0.39 is 29.0 Å². The Bertz CT molecular complexity index is 1390. The van der Waals surface area contributed by atoms with Gasteiger partial charge in [-0.25, -0.2) is 9.78 Å². The molecule has 0 unspecified atom stereocenters. The van der Waals surface area contributed by atoms with Gasteiger partial charge in [0.2, 0.25) is 0 Å². The fourth-order valence-electron chi connectivity index (χ4n) is 4.74. The number of aliphatic hydroxyl groups excluding tert-OH is 1. The van der Waals surface area contributed by atoms with Gasteiger partial charge in [0.15, 0.2) is 11.2 Å². The predicted octanol–water partition coefficient (Wildman–Crippen LogP) is -0.769. The maximum absolute atomic E-state index is 13.5. The molecule has 0 saturated carbocycles. The van der Waals surface area contributed by atoms with Crippen LogP contribution in [0.25, 0.3) is 11.2 Å². The van der Waals surface area contributed by atoms with E-state index in [1.54, 1.807) is 31.2 Å². The summed E-state index contributed by atoms with van der Waals surface area (Å²) in [6, 6.07) is 5.96. The normalized spacial score (nSPS) is 22.6. The molecule has 3 N–H and O–H groups in total. The zero-order valence-electron chi connectivity index (χ0n) is 20.8. The Labute approximate surface area is 207 Å². The zero-order valence-corrected chi connectivity index (χ0v) is 20.8. The second-order valence-electron chi connectivity index (χ2n) is 9.45. The second-order valence-corrected chi connectivity index (χ2v) is 9.45. The minimum absolute atomic E-state index is 0.000547. The first kappa shape index (κ1) is 25.6. The molecular formula is C24H32N6O6. The van der Waals surface area contributed by atoms with E-state index in [1.165, 1.54) is 34.5 Å². The van der Waals surface area contributed by atoms with Crippen molar-refractivity contribution in [3.05, 3.63) is 57.0 Å². The van der Waals surface area contributed by atoms with E-state index >= 15 is 0 Å². The average Bonchev–Trinajstić information content (AvgIpc) is 3.23. The first-order chi connectivity index (χ1) is 17.0. The molecule has 1 aliphatic heterocycles. The number of aliphatic hydroxyl groups is 2. The van der Waals surface area contributed by atoms with Crippen LogP contribution in [0, 0.1) is 0 Å². The lowest BCUT2D eigenvalue weighted by Gasteiger charge is -2.34. The minimum Gasteiger partial charge on any atom is -0.492 e. The molecular weight excluding hydrogens is 468 g/mol. The Morgan fingerprint density at radius 2 is 2.00 bits per heavy atom. The van der Waals surface area contributed by atoms with Crippen LogP contribution >= 0.6 is 0 Å². The Hall–Kier alpha value is -3.48. The zero-order chi connectivity index (χ0) is 26.2. The van der Waals surface area contributed by atoms with E-state index in [2.05, 4.69) is 10.3 Å². The molecule has 3 heterocycles. The third-order valence-electron chi connectivity index (χ3n) is 6.69. The largest absolute Gasteiger partial charge is 0.492 e. The molecule has 1 fully saturated rings. The number of likely N-dealkylation sites (N-methyl/N-ethyl adjacent to an activating group) is 1. The number of aryl methyl sites for hydroxylation is 1. The summed E-state index contributed by atoms with van der Waals surface area (Å²) < 4.78 is 9.42. The number of aromatic nitrogens is 4. The van der Waals surface area contributed by atoms with Crippen LogP contribution in [0.2, 0.25) is 0 Å². The number of nitrogens with zero attached hydrogens (tertiary/aromatic N) is 5. The number of likely N-dealkylation sites (tertiary alicyclic amines) is 1. The van der Waals surface area contributed by atoms with Gasteiger partial charge in [-0.1, -0.05) is 6.07 Å². The number of β-amino-alcohol motifs (C(OH)–C–C–N with tert-alkyl or cyclic N) is 1. The molecule has 0 spiro atoms. The van der Waals surface area contributed by atoms with Crippen molar-refractivity contribution in [3.63, 3.8) is 0 Å². The minimum atomic E-state index is -1.49. The second kappa shape index (κ2) is 9.88. The number of hydrogen-bond donors (Lipinski definition) is 3. The smallest absolute Gasteiger partial charge is 0.332 e. The molecule has 1 aromatic carbocycles. The quantitative estimate of drug-likeness (QED) is 0.375. The summed E-state index contributed by atoms with van der Waals surface area (Å²) in [5.41, 5.74) is -1.88. The molecule has 1 saturated heterocycles. The van der Waals surface area contributed by atoms with Gasteiger partial charge in [0.1, 0.15) is 12.4 Å². The summed E-state index contributed by atoms with van der Waals surface area (Å²) in [7, 11) is 4.70. The van der Waals surface area contributed by atoms with Gasteiger partial charge < -0.3 is 29.7 Å². The van der Waals surface area contributed by atoms with Gasteiger partial charge in [-0.05, 0) is 32.2 Å². The van der Waals surface area contributed by atoms with Crippen molar-refractivity contribution in [1.82, 2.24) is 28.9 Å². The molecule has 3 atom stereocenters. The lowest BCUT2D eigenvalue weighted by molar-refractivity contribution is -0.0216. The highest BCUT2D eigenvalue weighted by atomic mass is 16.5. The van der Waals surface area contributed by atoms with Crippen LogP contribution in [0.3, 0.4) is 0 Å². The third-order valence-corrected chi connectivity index (χ3v) is 6.69. The van der Waals surface area contributed by atoms with Crippen LogP contribution in [-0.2, 0) is 14.1 Å². The molecule has 0 bridgehead atoms. The molecule has 3 aromatic rings. The number of ether oxygens (including phenoxy) is 1. The lowest BCUT2D eigenvalue weighted by Crippen LogP contribution is -2.44. The molecule has 194 valence electrons. The summed E-state index contributed by atoms with van der Waals surface area (Å²) in [5.74, 6) is 0.195. The molecule has 2 aromatic heterocycles. The number of nitrogens with one attached hydrogen (secondary N) is 1. The number of benzene rings is 1. The molecule has 1 aliphatic rings. The first-order valence-corrected chi connectivity index (χ1v) is 11.7. The van der Waals surface area contributed by atoms with Gasteiger partial charge in [-0.15, -0.1) is 0 Å². The number of carbonyl (C=O) groups excluding carboxylic acids is 1. The Kier molecular flexibility index (Phi) is 7.03. The molecule has 12 heteroatoms. The number of carbonyl (C=O) groups is 1. The number of fused-ring (bicyclic) bond motifs is 1. The summed E-state index contributed by atoms with van der Waals surface area (Å²) in [6.45, 7) is 2.65. The molecule has 36 heavy (non-hydrogen) atoms. The summed E-state index contributed by atoms with van der Waals surface area (Å²) in [4.78, 5) is 44.6. The van der Waals surface area contributed by atoms with Gasteiger partial charge in [-0.3, -0.25) is 18.7 Å². The molecule has 12 nitrogen and oxygen atoms in total. The average molecular weight is 501 g/mol. The van der Waals surface area contributed by atoms with E-state index in [-0.39, 0.29) is 36.6 Å². The highest BCUT2D eigenvalue weighted by molar-refractivity contribution is 5.94. The van der Waals surface area contributed by atoms with Crippen LogP contribution in [0.5, 0.6) is 5.75 Å². The predicted molar refractivity (Wildman–Crippen MR) is 132 cm³/mol. The standard InChI is InChI=1S/C24H32N6O6/c1-24(35)11-16(31)12-29(21(32)15-6-5-7-17(10-15)36-9-8-25-2)13-18(24)30-14-26-20-19(30)22(33)28(4)23(34)27(20)3/h5-7,10,14,16,18,25,31,35H,8-9,11-13H2,1-4H3/t16-,18+,24+/m1/s1. The van der Waals surface area contributed by atoms with E-state index in [0.29, 0.717) is 24.5 Å². The van der Waals surface area contributed by atoms with E-state index in [9.17, 15) is 24.6 Å². The van der Waals surface area contributed by atoms with Gasteiger partial charge in [0.25, 0.3) is 11.5 Å². The number of hydrogen-bond acceptors (Lipinski definition) is 8. The van der Waals surface area contributed by atoms with Crippen LogP contribution < -0.4 is 21.3 Å². The summed E-state index contributed by atoms with van der Waals surface area (Å²) >= 11 is 0. The van der Waals surface area contributed by atoms with Crippen LogP contribution in [0.1, 0.15) is 29.7 Å².